The van der Waals surface area contributed by atoms with Crippen molar-refractivity contribution in [2.24, 2.45) is 0 Å². The van der Waals surface area contributed by atoms with Crippen molar-refractivity contribution in [1.29, 1.82) is 0 Å². The number of carboxylic acid groups (broad SMARTS) is 1. The molecule has 21 heavy (non-hydrogen) atoms. The van der Waals surface area contributed by atoms with Crippen molar-refractivity contribution in [3.05, 3.63) is 12.2 Å². The van der Waals surface area contributed by atoms with Gasteiger partial charge in [-0.1, -0.05) is 0 Å². The van der Waals surface area contributed by atoms with E-state index in [4.69, 9.17) is 9.53 Å². The minimum atomic E-state index is -1.12. The molecule has 0 radical (unpaired) electrons. The van der Waals surface area contributed by atoms with Crippen molar-refractivity contribution in [3.8, 4) is 0 Å². The summed E-state index contributed by atoms with van der Waals surface area (Å²) in [5, 5.41) is 10.8. The van der Waals surface area contributed by atoms with Crippen LogP contribution in [0.3, 0.4) is 0 Å². The van der Waals surface area contributed by atoms with Crippen LogP contribution in [0.1, 0.15) is 27.2 Å². The van der Waals surface area contributed by atoms with Gasteiger partial charge in [-0.2, -0.15) is 0 Å². The van der Waals surface area contributed by atoms with Crippen molar-refractivity contribution >= 4 is 21.6 Å². The number of hydrogen-bond acceptors (Lipinski definition) is 5. The van der Waals surface area contributed by atoms with Gasteiger partial charge in [-0.15, -0.1) is 0 Å². The SMILES string of the molecule is CCOOCC.CCO[SiH2]CCCNC(=O)/C=C\C(=O)O. The predicted molar refractivity (Wildman–Crippen MR) is 82.6 cm³/mol. The summed E-state index contributed by atoms with van der Waals surface area (Å²) < 4.78 is 5.25. The van der Waals surface area contributed by atoms with Gasteiger partial charge in [0.2, 0.25) is 5.91 Å². The fourth-order valence-corrected chi connectivity index (χ4v) is 2.00. The molecule has 1 amide bonds. The van der Waals surface area contributed by atoms with Crippen LogP contribution in [-0.4, -0.2) is 53.1 Å². The molecule has 2 N–H and O–H groups in total. The first-order chi connectivity index (χ1) is 10.1. The lowest BCUT2D eigenvalue weighted by atomic mass is 10.4. The summed E-state index contributed by atoms with van der Waals surface area (Å²) in [4.78, 5) is 30.0. The van der Waals surface area contributed by atoms with Crippen molar-refractivity contribution in [3.63, 3.8) is 0 Å². The van der Waals surface area contributed by atoms with Gasteiger partial charge in [0.1, 0.15) is 0 Å². The van der Waals surface area contributed by atoms with Crippen LogP contribution in [0.15, 0.2) is 12.2 Å². The summed E-state index contributed by atoms with van der Waals surface area (Å²) in [5.41, 5.74) is 0. The Morgan fingerprint density at radius 3 is 2.19 bits per heavy atom. The van der Waals surface area contributed by atoms with E-state index >= 15 is 0 Å². The molecule has 0 aromatic heterocycles. The first kappa shape index (κ1) is 22.1. The molecule has 0 saturated carbocycles. The summed E-state index contributed by atoms with van der Waals surface area (Å²) in [6.45, 7) is 8.33. The molecule has 0 atom stereocenters. The maximum atomic E-state index is 11.0. The number of carbonyl (C=O) groups is 2. The Bertz CT molecular complexity index is 282. The number of carboxylic acids is 1. The third kappa shape index (κ3) is 24.2. The Morgan fingerprint density at radius 2 is 1.71 bits per heavy atom. The number of hydrogen-bond donors (Lipinski definition) is 2. The molecule has 0 aliphatic heterocycles. The van der Waals surface area contributed by atoms with Gasteiger partial charge in [0.05, 0.1) is 13.2 Å². The Hall–Kier alpha value is -1.22. The molecule has 0 fully saturated rings. The van der Waals surface area contributed by atoms with Gasteiger partial charge in [-0.05, 0) is 33.2 Å². The quantitative estimate of drug-likeness (QED) is 0.191. The molecule has 0 aromatic carbocycles. The Balaban J connectivity index is 0. The zero-order valence-electron chi connectivity index (χ0n) is 13.1. The van der Waals surface area contributed by atoms with Crippen LogP contribution in [0, 0.1) is 0 Å². The molecule has 0 aromatic rings. The van der Waals surface area contributed by atoms with Gasteiger partial charge < -0.3 is 14.8 Å². The maximum absolute atomic E-state index is 11.0. The average Bonchev–Trinajstić information content (AvgIpc) is 2.47. The standard InChI is InChI=1S/C9H17NO4Si.C4H10O2/c1-2-14-15-7-3-6-10-8(11)4-5-9(12)13;1-3-5-6-4-2/h4-5H,2-3,6-7,15H2,1H3,(H,10,11)(H,12,13);3-4H2,1-2H3/b5-4-;. The molecule has 0 spiro atoms. The summed E-state index contributed by atoms with van der Waals surface area (Å²) in [5.74, 6) is -1.48. The zero-order valence-corrected chi connectivity index (χ0v) is 14.5. The van der Waals surface area contributed by atoms with Crippen LogP contribution in [0.5, 0.6) is 0 Å². The first-order valence-electron chi connectivity index (χ1n) is 7.09. The highest BCUT2D eigenvalue weighted by Crippen LogP contribution is 1.87. The normalized spacial score (nSPS) is 10.6. The van der Waals surface area contributed by atoms with E-state index in [2.05, 4.69) is 15.1 Å². The second-order valence-corrected chi connectivity index (χ2v) is 5.20. The third-order valence-electron chi connectivity index (χ3n) is 1.92. The van der Waals surface area contributed by atoms with Gasteiger partial charge in [0.25, 0.3) is 0 Å². The highest BCUT2D eigenvalue weighted by Gasteiger charge is 1.96. The molecule has 0 saturated heterocycles. The maximum Gasteiger partial charge on any atom is 0.328 e. The van der Waals surface area contributed by atoms with Crippen molar-refractivity contribution < 1.29 is 28.9 Å². The smallest absolute Gasteiger partial charge is 0.328 e. The lowest BCUT2D eigenvalue weighted by Crippen LogP contribution is -2.22. The Morgan fingerprint density at radius 1 is 1.10 bits per heavy atom. The number of amides is 1. The predicted octanol–water partition coefficient (Wildman–Crippen LogP) is 0.647. The summed E-state index contributed by atoms with van der Waals surface area (Å²) >= 11 is 0. The van der Waals surface area contributed by atoms with Gasteiger partial charge in [-0.25, -0.2) is 14.6 Å². The molecule has 0 rings (SSSR count). The number of carbonyl (C=O) groups excluding carboxylic acids is 1. The highest BCUT2D eigenvalue weighted by atomic mass is 28.2. The van der Waals surface area contributed by atoms with Gasteiger partial charge in [-0.3, -0.25) is 4.79 Å². The van der Waals surface area contributed by atoms with Crippen molar-refractivity contribution in [2.75, 3.05) is 26.4 Å². The van der Waals surface area contributed by atoms with E-state index in [-0.39, 0.29) is 5.91 Å². The summed E-state index contributed by atoms with van der Waals surface area (Å²) in [6, 6.07) is 1.02. The number of nitrogens with one attached hydrogen (secondary N) is 1. The molecule has 8 heteroatoms. The first-order valence-corrected chi connectivity index (χ1v) is 8.67. The monoisotopic (exact) mass is 321 g/mol. The van der Waals surface area contributed by atoms with Gasteiger partial charge in [0, 0.05) is 25.3 Å². The van der Waals surface area contributed by atoms with E-state index in [1.165, 1.54) is 0 Å². The minimum Gasteiger partial charge on any atom is -0.478 e. The van der Waals surface area contributed by atoms with Crippen LogP contribution < -0.4 is 5.32 Å². The van der Waals surface area contributed by atoms with E-state index in [1.54, 1.807) is 0 Å². The Labute approximate surface area is 128 Å². The number of rotatable bonds is 11. The van der Waals surface area contributed by atoms with E-state index in [0.29, 0.717) is 19.8 Å². The summed E-state index contributed by atoms with van der Waals surface area (Å²) in [7, 11) is -0.421. The number of aliphatic carboxylic acids is 1. The highest BCUT2D eigenvalue weighted by molar-refractivity contribution is 6.26. The minimum absolute atomic E-state index is 0.365. The molecule has 0 aliphatic rings. The summed E-state index contributed by atoms with van der Waals surface area (Å²) in [6.07, 6.45) is 2.73. The lowest BCUT2D eigenvalue weighted by molar-refractivity contribution is -0.287. The van der Waals surface area contributed by atoms with Crippen molar-refractivity contribution in [1.82, 2.24) is 5.32 Å². The van der Waals surface area contributed by atoms with E-state index in [0.717, 1.165) is 31.2 Å². The molecule has 7 nitrogen and oxygen atoms in total. The van der Waals surface area contributed by atoms with Gasteiger partial charge in [0.15, 0.2) is 9.76 Å². The van der Waals surface area contributed by atoms with Gasteiger partial charge >= 0.3 is 5.97 Å². The molecular weight excluding hydrogens is 294 g/mol. The average molecular weight is 321 g/mol. The second-order valence-electron chi connectivity index (χ2n) is 3.68. The van der Waals surface area contributed by atoms with Crippen molar-refractivity contribution in [2.45, 2.75) is 33.2 Å². The molecular formula is C13H27NO6Si. The molecule has 0 aliphatic carbocycles. The fourth-order valence-electron chi connectivity index (χ4n) is 1.06. The van der Waals surface area contributed by atoms with E-state index < -0.39 is 15.7 Å². The molecule has 124 valence electrons. The Kier molecular flexibility index (Phi) is 19.7. The van der Waals surface area contributed by atoms with E-state index in [1.807, 2.05) is 20.8 Å². The lowest BCUT2D eigenvalue weighted by Gasteiger charge is -2.01. The zero-order chi connectivity index (χ0) is 16.3. The van der Waals surface area contributed by atoms with Crippen LogP contribution in [0.4, 0.5) is 0 Å². The van der Waals surface area contributed by atoms with Crippen LogP contribution >= 0.6 is 0 Å². The van der Waals surface area contributed by atoms with E-state index in [9.17, 15) is 9.59 Å². The van der Waals surface area contributed by atoms with Crippen LogP contribution in [-0.2, 0) is 23.8 Å². The molecule has 0 unspecified atom stereocenters. The second kappa shape index (κ2) is 18.8. The fraction of sp³-hybridized carbons (Fsp3) is 0.692. The van der Waals surface area contributed by atoms with Crippen LogP contribution in [0.25, 0.3) is 0 Å². The largest absolute Gasteiger partial charge is 0.478 e. The third-order valence-corrected chi connectivity index (χ3v) is 3.40. The molecule has 0 bridgehead atoms. The topological polar surface area (TPSA) is 94.1 Å². The van der Waals surface area contributed by atoms with Crippen LogP contribution in [0.2, 0.25) is 6.04 Å². The molecule has 0 heterocycles.